The lowest BCUT2D eigenvalue weighted by Gasteiger charge is -2.19. The van der Waals surface area contributed by atoms with E-state index < -0.39 is 11.9 Å². The minimum Gasteiger partial charge on any atom is -0.481 e. The Hall–Kier alpha value is -6.94. The molecule has 0 amide bonds. The lowest BCUT2D eigenvalue weighted by molar-refractivity contribution is -0.672. The molecule has 6 aromatic carbocycles. The van der Waals surface area contributed by atoms with E-state index in [1.54, 1.807) is 0 Å². The molecule has 2 N–H and O–H groups in total. The first kappa shape index (κ1) is 34.2. The summed E-state index contributed by atoms with van der Waals surface area (Å²) in [7, 11) is 0. The molecule has 0 spiro atoms. The number of nitrogens with zero attached hydrogens (tertiary/aromatic N) is 3. The maximum Gasteiger partial charge on any atom is 0.307 e. The number of aryl methyl sites for hydroxylation is 2. The monoisotopic (exact) mass is 718 g/mol. The highest BCUT2D eigenvalue weighted by Gasteiger charge is 2.31. The molecule has 2 heterocycles. The summed E-state index contributed by atoms with van der Waals surface area (Å²) in [6.45, 7) is 1.35. The second-order valence-corrected chi connectivity index (χ2v) is 13.0. The molecule has 1 aliphatic heterocycles. The normalized spacial score (nSPS) is 13.6. The summed E-state index contributed by atoms with van der Waals surface area (Å²) in [4.78, 5) is 36.9. The summed E-state index contributed by atoms with van der Waals surface area (Å²) < 4.78 is 15.6. The van der Waals surface area contributed by atoms with Crippen LogP contribution >= 0.6 is 0 Å². The number of fused-ring (bicyclic) bond motifs is 12. The highest BCUT2D eigenvalue weighted by Crippen LogP contribution is 2.49. The average molecular weight is 719 g/mol. The third kappa shape index (κ3) is 6.07. The predicted molar refractivity (Wildman–Crippen MR) is 209 cm³/mol. The first-order chi connectivity index (χ1) is 26.5. The molecular weight excluding hydrogens is 682 g/mol. The van der Waals surface area contributed by atoms with Gasteiger partial charge >= 0.3 is 11.9 Å². The predicted octanol–water partition coefficient (Wildman–Crippen LogP) is 7.97. The van der Waals surface area contributed by atoms with Crippen LogP contribution in [0.4, 0.5) is 5.69 Å². The van der Waals surface area contributed by atoms with E-state index in [4.69, 9.17) is 9.47 Å². The number of allylic oxidation sites excluding steroid dienone is 4. The van der Waals surface area contributed by atoms with Gasteiger partial charge in [0.15, 0.2) is 16.8 Å². The molecule has 268 valence electrons. The number of benzene rings is 6. The largest absolute Gasteiger partial charge is 0.481 e. The number of carboxylic acid groups (broad SMARTS) is 2. The summed E-state index contributed by atoms with van der Waals surface area (Å²) in [5.74, 6) is 0.118. The van der Waals surface area contributed by atoms with E-state index in [1.165, 1.54) is 0 Å². The minimum atomic E-state index is -0.929. The summed E-state index contributed by atoms with van der Waals surface area (Å²) in [5.41, 5.74) is 2.61. The zero-order chi connectivity index (χ0) is 37.2. The van der Waals surface area contributed by atoms with E-state index in [0.29, 0.717) is 24.7 Å². The Morgan fingerprint density at radius 2 is 1.26 bits per heavy atom. The van der Waals surface area contributed by atoms with E-state index in [0.717, 1.165) is 65.6 Å². The average Bonchev–Trinajstić information content (AvgIpc) is 3.72. The van der Waals surface area contributed by atoms with Gasteiger partial charge in [-0.2, -0.15) is 0 Å². The SMILES string of the molecule is O=COCCN1C(=CC=CC=Cc2n(CCC(=O)O)c3c4ccccc4c4ccccc4c3[n+]2CCC(=O)O)Oc2c1c1ccccc1c1ccccc21. The minimum absolute atomic E-state index is 0.114. The number of aliphatic carboxylic acids is 2. The van der Waals surface area contributed by atoms with Crippen LogP contribution in [0.1, 0.15) is 18.7 Å². The van der Waals surface area contributed by atoms with Gasteiger partial charge in [0.25, 0.3) is 12.3 Å². The molecule has 0 saturated heterocycles. The molecule has 8 rings (SSSR count). The number of carboxylic acids is 2. The molecule has 1 aromatic heterocycles. The van der Waals surface area contributed by atoms with Gasteiger partial charge < -0.3 is 24.6 Å². The molecule has 0 atom stereocenters. The van der Waals surface area contributed by atoms with Crippen LogP contribution in [0.2, 0.25) is 0 Å². The van der Waals surface area contributed by atoms with E-state index in [1.807, 2.05) is 111 Å². The Kier molecular flexibility index (Phi) is 9.23. The van der Waals surface area contributed by atoms with Crippen LogP contribution in [0.25, 0.3) is 60.2 Å². The molecule has 7 aromatic rings. The Bertz CT molecular complexity index is 2630. The third-order valence-corrected chi connectivity index (χ3v) is 9.88. The molecule has 0 saturated carbocycles. The molecule has 54 heavy (non-hydrogen) atoms. The third-order valence-electron chi connectivity index (χ3n) is 9.88. The quantitative estimate of drug-likeness (QED) is 0.0405. The number of carbonyl (C=O) groups is 3. The number of imidazole rings is 1. The standard InChI is InChI=1S/C44H35N3O7/c48-28-53-27-26-47-38(54-44-36-19-11-7-15-32(36)31-14-6-10-18-35(31)43(44)47)21-3-1-2-20-37-45(24-22-39(49)50)41-33-16-8-4-12-29(33)30-13-5-9-17-34(30)42(41)46(37)25-23-40(51)52/h1-21,28H,22-27H2,(H-,49,50,51,52)/p+1. The molecule has 10 heteroatoms. The van der Waals surface area contributed by atoms with Crippen molar-refractivity contribution in [3.05, 3.63) is 133 Å². The number of rotatable bonds is 13. The van der Waals surface area contributed by atoms with Crippen LogP contribution in [0.3, 0.4) is 0 Å². The Labute approximate surface area is 309 Å². The molecular formula is C44H36N3O7+. The van der Waals surface area contributed by atoms with Gasteiger partial charge in [-0.05, 0) is 39.8 Å². The second-order valence-electron chi connectivity index (χ2n) is 13.0. The maximum atomic E-state index is 11.9. The highest BCUT2D eigenvalue weighted by atomic mass is 16.5. The fourth-order valence-corrected chi connectivity index (χ4v) is 7.69. The topological polar surface area (TPSA) is 122 Å². The van der Waals surface area contributed by atoms with Crippen molar-refractivity contribution in [3.63, 3.8) is 0 Å². The molecule has 0 bridgehead atoms. The summed E-state index contributed by atoms with van der Waals surface area (Å²) in [6, 6.07) is 32.3. The van der Waals surface area contributed by atoms with Gasteiger partial charge in [-0.3, -0.25) is 14.4 Å². The van der Waals surface area contributed by atoms with Gasteiger partial charge in [0.2, 0.25) is 5.88 Å². The van der Waals surface area contributed by atoms with Gasteiger partial charge in [0.1, 0.15) is 19.7 Å². The van der Waals surface area contributed by atoms with Crippen molar-refractivity contribution in [1.29, 1.82) is 0 Å². The Balaban J connectivity index is 1.24. The van der Waals surface area contributed by atoms with Gasteiger partial charge in [-0.15, -0.1) is 0 Å². The molecule has 10 nitrogen and oxygen atoms in total. The van der Waals surface area contributed by atoms with Gasteiger partial charge in [-0.25, -0.2) is 9.13 Å². The number of anilines is 1. The Morgan fingerprint density at radius 1 is 0.685 bits per heavy atom. The fraction of sp³-hybridized carbons (Fsp3) is 0.136. The zero-order valence-corrected chi connectivity index (χ0v) is 29.2. The smallest absolute Gasteiger partial charge is 0.307 e. The van der Waals surface area contributed by atoms with Crippen molar-refractivity contribution in [3.8, 4) is 5.75 Å². The zero-order valence-electron chi connectivity index (χ0n) is 29.2. The lowest BCUT2D eigenvalue weighted by atomic mass is 9.99. The first-order valence-corrected chi connectivity index (χ1v) is 17.7. The number of carbonyl (C=O) groups excluding carboxylic acids is 1. The maximum absolute atomic E-state index is 11.9. The number of aromatic nitrogens is 2. The van der Waals surface area contributed by atoms with E-state index in [2.05, 4.69) is 30.3 Å². The van der Waals surface area contributed by atoms with E-state index in [9.17, 15) is 24.6 Å². The van der Waals surface area contributed by atoms with Crippen molar-refractivity contribution in [2.24, 2.45) is 0 Å². The summed E-state index contributed by atoms with van der Waals surface area (Å²) in [5, 5.41) is 27.6. The van der Waals surface area contributed by atoms with Crippen molar-refractivity contribution >= 4 is 84.3 Å². The van der Waals surface area contributed by atoms with Crippen molar-refractivity contribution < 1.29 is 38.6 Å². The fourth-order valence-electron chi connectivity index (χ4n) is 7.69. The molecule has 0 aliphatic carbocycles. The molecule has 0 fully saturated rings. The summed E-state index contributed by atoms with van der Waals surface area (Å²) in [6.07, 6.45) is 9.09. The number of hydrogen-bond donors (Lipinski definition) is 2. The van der Waals surface area contributed by atoms with E-state index >= 15 is 0 Å². The highest BCUT2D eigenvalue weighted by molar-refractivity contribution is 6.22. The molecule has 0 radical (unpaired) electrons. The van der Waals surface area contributed by atoms with Gasteiger partial charge in [-0.1, -0.05) is 103 Å². The molecule has 0 unspecified atom stereocenters. The van der Waals surface area contributed by atoms with Gasteiger partial charge in [0, 0.05) is 27.6 Å². The Morgan fingerprint density at radius 3 is 1.93 bits per heavy atom. The van der Waals surface area contributed by atoms with Crippen LogP contribution in [-0.4, -0.2) is 46.3 Å². The number of ether oxygens (including phenoxy) is 2. The lowest BCUT2D eigenvalue weighted by Crippen LogP contribution is -2.38. The van der Waals surface area contributed by atoms with Crippen LogP contribution in [0, 0.1) is 0 Å². The first-order valence-electron chi connectivity index (χ1n) is 17.7. The second kappa shape index (κ2) is 14.6. The van der Waals surface area contributed by atoms with Crippen LogP contribution in [0.15, 0.2) is 127 Å². The van der Waals surface area contributed by atoms with Crippen molar-refractivity contribution in [1.82, 2.24) is 4.57 Å². The van der Waals surface area contributed by atoms with E-state index in [-0.39, 0.29) is 32.5 Å². The van der Waals surface area contributed by atoms with Crippen molar-refractivity contribution in [2.75, 3.05) is 18.1 Å². The summed E-state index contributed by atoms with van der Waals surface area (Å²) >= 11 is 0. The van der Waals surface area contributed by atoms with Crippen LogP contribution in [-0.2, 0) is 32.2 Å². The van der Waals surface area contributed by atoms with Crippen LogP contribution < -0.4 is 14.2 Å². The van der Waals surface area contributed by atoms with Crippen LogP contribution in [0.5, 0.6) is 5.75 Å². The number of hydrogen-bond acceptors (Lipinski definition) is 6. The van der Waals surface area contributed by atoms with Gasteiger partial charge in [0.05, 0.1) is 25.1 Å². The van der Waals surface area contributed by atoms with Crippen molar-refractivity contribution in [2.45, 2.75) is 25.9 Å². The molecule has 1 aliphatic rings.